The summed E-state index contributed by atoms with van der Waals surface area (Å²) in [5, 5.41) is 0. The number of nitrogens with zero attached hydrogens (tertiary/aromatic N) is 4. The fraction of sp³-hybridized carbons (Fsp3) is 0.158. The second-order valence-electron chi connectivity index (χ2n) is 10.8. The molecule has 5 aliphatic heterocycles. The summed E-state index contributed by atoms with van der Waals surface area (Å²) in [6, 6.07) is 16.3. The van der Waals surface area contributed by atoms with E-state index < -0.39 is 0 Å². The Kier molecular flexibility index (Phi) is 7.55. The molecule has 0 aromatic heterocycles. The van der Waals surface area contributed by atoms with E-state index in [9.17, 15) is 0 Å². The largest absolute Gasteiger partial charge is 0.494 e. The van der Waals surface area contributed by atoms with Crippen LogP contribution in [0.25, 0.3) is 11.1 Å². The molecule has 0 aliphatic carbocycles. The second-order valence-corrected chi connectivity index (χ2v) is 10.8. The van der Waals surface area contributed by atoms with Crippen LogP contribution < -0.4 is 9.47 Å². The van der Waals surface area contributed by atoms with Crippen LogP contribution >= 0.6 is 0 Å². The Morgan fingerprint density at radius 3 is 1.45 bits per heavy atom. The minimum atomic E-state index is 0.667. The van der Waals surface area contributed by atoms with Crippen LogP contribution in [-0.4, -0.2) is 36.1 Å². The van der Waals surface area contributed by atoms with Gasteiger partial charge in [-0.25, -0.2) is 20.0 Å². The summed E-state index contributed by atoms with van der Waals surface area (Å²) in [6.45, 7) is 5.54. The molecule has 0 amide bonds. The van der Waals surface area contributed by atoms with Crippen molar-refractivity contribution in [2.75, 3.05) is 13.2 Å². The summed E-state index contributed by atoms with van der Waals surface area (Å²) >= 11 is 0. The molecule has 0 radical (unpaired) electrons. The van der Waals surface area contributed by atoms with Gasteiger partial charge >= 0.3 is 0 Å². The number of rotatable bonds is 8. The maximum absolute atomic E-state index is 5.96. The van der Waals surface area contributed by atoms with Gasteiger partial charge in [0.05, 0.1) is 58.8 Å². The minimum Gasteiger partial charge on any atom is -0.494 e. The van der Waals surface area contributed by atoms with E-state index in [0.717, 1.165) is 92.2 Å². The summed E-state index contributed by atoms with van der Waals surface area (Å²) in [4.78, 5) is 20.1. The third-order valence-electron chi connectivity index (χ3n) is 7.45. The van der Waals surface area contributed by atoms with Gasteiger partial charge in [-0.15, -0.1) is 0 Å². The molecule has 7 rings (SSSR count). The summed E-state index contributed by atoms with van der Waals surface area (Å²) in [5.74, 6) is 1.66. The molecule has 6 heteroatoms. The van der Waals surface area contributed by atoms with E-state index in [1.807, 2.05) is 85.0 Å². The lowest BCUT2D eigenvalue weighted by molar-refractivity contribution is 0.317. The van der Waals surface area contributed by atoms with Crippen LogP contribution in [0.2, 0.25) is 0 Å². The topological polar surface area (TPSA) is 67.9 Å². The molecule has 5 aliphatic rings. The maximum Gasteiger partial charge on any atom is 0.119 e. The molecule has 2 aromatic carbocycles. The number of benzene rings is 2. The van der Waals surface area contributed by atoms with Crippen LogP contribution in [0.1, 0.15) is 37.8 Å². The van der Waals surface area contributed by atoms with Gasteiger partial charge in [-0.3, -0.25) is 0 Å². The fourth-order valence-electron chi connectivity index (χ4n) is 5.47. The molecule has 44 heavy (non-hydrogen) atoms. The van der Waals surface area contributed by atoms with Gasteiger partial charge in [0.2, 0.25) is 0 Å². The van der Waals surface area contributed by atoms with Crippen LogP contribution in [0, 0.1) is 0 Å². The monoisotopic (exact) mass is 576 g/mol. The van der Waals surface area contributed by atoms with Crippen molar-refractivity contribution in [3.8, 4) is 11.5 Å². The first-order valence-electron chi connectivity index (χ1n) is 15.1. The van der Waals surface area contributed by atoms with Crippen molar-refractivity contribution in [3.63, 3.8) is 0 Å². The van der Waals surface area contributed by atoms with Gasteiger partial charge < -0.3 is 9.47 Å². The first-order valence-corrected chi connectivity index (χ1v) is 15.1. The average Bonchev–Trinajstić information content (AvgIpc) is 3.86. The zero-order chi connectivity index (χ0) is 29.9. The Bertz CT molecular complexity index is 1780. The predicted molar refractivity (Wildman–Crippen MR) is 181 cm³/mol. The Balaban J connectivity index is 1.36. The molecule has 0 unspecified atom stereocenters. The Labute approximate surface area is 257 Å². The number of allylic oxidation sites excluding steroid dienone is 12. The Morgan fingerprint density at radius 1 is 0.523 bits per heavy atom. The van der Waals surface area contributed by atoms with E-state index in [2.05, 4.69) is 38.1 Å². The van der Waals surface area contributed by atoms with Gasteiger partial charge in [0, 0.05) is 11.1 Å². The molecule has 0 saturated carbocycles. The minimum absolute atomic E-state index is 0.667. The van der Waals surface area contributed by atoms with Crippen LogP contribution in [0.15, 0.2) is 152 Å². The number of hydrogen-bond donors (Lipinski definition) is 0. The van der Waals surface area contributed by atoms with Crippen LogP contribution in [0.5, 0.6) is 11.5 Å². The number of hydrogen-bond acceptors (Lipinski definition) is 6. The van der Waals surface area contributed by atoms with Crippen molar-refractivity contribution >= 4 is 34.0 Å². The summed E-state index contributed by atoms with van der Waals surface area (Å²) in [6.07, 6.45) is 22.2. The lowest BCUT2D eigenvalue weighted by Gasteiger charge is -2.11. The molecular formula is C38H32N4O2. The molecule has 0 atom stereocenters. The Morgan fingerprint density at radius 2 is 1.00 bits per heavy atom. The quantitative estimate of drug-likeness (QED) is 0.318. The third-order valence-corrected chi connectivity index (χ3v) is 7.45. The summed E-state index contributed by atoms with van der Waals surface area (Å²) in [5.41, 5.74) is 10.6. The van der Waals surface area contributed by atoms with Gasteiger partial charge in [-0.2, -0.15) is 0 Å². The van der Waals surface area contributed by atoms with Gasteiger partial charge in [0.15, 0.2) is 0 Å². The lowest BCUT2D eigenvalue weighted by atomic mass is 9.98. The molecule has 0 fully saturated rings. The molecule has 5 heterocycles. The first-order chi connectivity index (χ1) is 21.7. The molecule has 8 bridgehead atoms. The molecule has 2 aromatic rings. The number of aliphatic imine (C=N–C) groups is 4. The SMILES string of the molecule is CCCOc1cccc(C2=C3C=CC(=N3)C=C3C=CC(=N3)C(c3cccc(OCCC)c3)=C3C=CC(=N3)C=C3C=CC2=N3)c1. The van der Waals surface area contributed by atoms with Gasteiger partial charge in [-0.05, 0) is 109 Å². The molecule has 0 N–H and O–H groups in total. The van der Waals surface area contributed by atoms with Crippen LogP contribution in [0.4, 0.5) is 0 Å². The molecule has 0 saturated heterocycles. The van der Waals surface area contributed by atoms with Gasteiger partial charge in [0.1, 0.15) is 11.5 Å². The van der Waals surface area contributed by atoms with E-state index in [0.29, 0.717) is 13.2 Å². The zero-order valence-corrected chi connectivity index (χ0v) is 24.8. The lowest BCUT2D eigenvalue weighted by Crippen LogP contribution is -2.02. The predicted octanol–water partition coefficient (Wildman–Crippen LogP) is 8.21. The van der Waals surface area contributed by atoms with E-state index >= 15 is 0 Å². The normalized spacial score (nSPS) is 18.0. The highest BCUT2D eigenvalue weighted by Gasteiger charge is 2.22. The van der Waals surface area contributed by atoms with Crippen molar-refractivity contribution < 1.29 is 9.47 Å². The number of fused-ring (bicyclic) bond motifs is 4. The fourth-order valence-corrected chi connectivity index (χ4v) is 5.47. The maximum atomic E-state index is 5.96. The zero-order valence-electron chi connectivity index (χ0n) is 24.8. The standard InChI is InChI=1S/C38H32N4O2/c1-3-19-43-31-9-5-7-25(21-31)37-33-15-11-27(39-33)23-29-13-17-35(41-29)38(26-8-6-10-32(22-26)44-20-4-2)36-18-14-30(42-36)24-28-12-16-34(37)40-28/h5-18,21-24H,3-4,19-20H2,1-2H3. The molecule has 6 nitrogen and oxygen atoms in total. The van der Waals surface area contributed by atoms with Gasteiger partial charge in [0.25, 0.3) is 0 Å². The van der Waals surface area contributed by atoms with Crippen molar-refractivity contribution in [2.45, 2.75) is 26.7 Å². The molecule has 0 spiro atoms. The Hall–Kier alpha value is -5.36. The van der Waals surface area contributed by atoms with Crippen molar-refractivity contribution in [1.29, 1.82) is 0 Å². The highest BCUT2D eigenvalue weighted by molar-refractivity contribution is 6.34. The molecule has 216 valence electrons. The summed E-state index contributed by atoms with van der Waals surface area (Å²) < 4.78 is 11.9. The van der Waals surface area contributed by atoms with Crippen molar-refractivity contribution in [1.82, 2.24) is 0 Å². The highest BCUT2D eigenvalue weighted by Crippen LogP contribution is 2.34. The van der Waals surface area contributed by atoms with Crippen molar-refractivity contribution in [2.24, 2.45) is 20.0 Å². The van der Waals surface area contributed by atoms with Gasteiger partial charge in [-0.1, -0.05) is 38.1 Å². The van der Waals surface area contributed by atoms with E-state index in [4.69, 9.17) is 29.4 Å². The van der Waals surface area contributed by atoms with Crippen LogP contribution in [0.3, 0.4) is 0 Å². The number of ether oxygens (including phenoxy) is 2. The molecular weight excluding hydrogens is 544 g/mol. The second kappa shape index (κ2) is 12.1. The van der Waals surface area contributed by atoms with E-state index in [1.54, 1.807) is 0 Å². The van der Waals surface area contributed by atoms with Crippen LogP contribution in [-0.2, 0) is 0 Å². The highest BCUT2D eigenvalue weighted by atomic mass is 16.5. The smallest absolute Gasteiger partial charge is 0.119 e. The van der Waals surface area contributed by atoms with Crippen molar-refractivity contribution in [3.05, 3.63) is 143 Å². The average molecular weight is 577 g/mol. The summed E-state index contributed by atoms with van der Waals surface area (Å²) in [7, 11) is 0. The van der Waals surface area contributed by atoms with E-state index in [-0.39, 0.29) is 0 Å². The first kappa shape index (κ1) is 27.5. The van der Waals surface area contributed by atoms with E-state index in [1.165, 1.54) is 0 Å². The third kappa shape index (κ3) is 5.66.